The summed E-state index contributed by atoms with van der Waals surface area (Å²) in [6, 6.07) is 5.59. The monoisotopic (exact) mass is 368 g/mol. The normalized spacial score (nSPS) is 14.9. The van der Waals surface area contributed by atoms with Gasteiger partial charge in [-0.25, -0.2) is 0 Å². The summed E-state index contributed by atoms with van der Waals surface area (Å²) in [5.41, 5.74) is 1.19. The van der Waals surface area contributed by atoms with Crippen LogP contribution in [0.2, 0.25) is 0 Å². The van der Waals surface area contributed by atoms with Crippen LogP contribution < -0.4 is 4.90 Å². The van der Waals surface area contributed by atoms with Gasteiger partial charge in [0.1, 0.15) is 11.6 Å². The van der Waals surface area contributed by atoms with Crippen LogP contribution in [0.5, 0.6) is 0 Å². The Morgan fingerprint density at radius 3 is 2.67 bits per heavy atom. The van der Waals surface area contributed by atoms with E-state index < -0.39 is 0 Å². The van der Waals surface area contributed by atoms with Crippen LogP contribution in [-0.4, -0.2) is 56.6 Å². The third-order valence-corrected chi connectivity index (χ3v) is 4.96. The molecule has 27 heavy (non-hydrogen) atoms. The molecule has 0 unspecified atom stereocenters. The number of hydrogen-bond acceptors (Lipinski definition) is 6. The topological polar surface area (TPSA) is 79.8 Å². The molecular weight excluding hydrogens is 344 g/mol. The minimum absolute atomic E-state index is 0.0558. The van der Waals surface area contributed by atoms with Crippen LogP contribution in [0.1, 0.15) is 42.3 Å². The highest BCUT2D eigenvalue weighted by Gasteiger charge is 2.25. The zero-order valence-electron chi connectivity index (χ0n) is 15.8. The molecule has 1 fully saturated rings. The van der Waals surface area contributed by atoms with E-state index in [1.807, 2.05) is 4.90 Å². The molecule has 142 valence electrons. The lowest BCUT2D eigenvalue weighted by Gasteiger charge is -2.35. The van der Waals surface area contributed by atoms with Crippen molar-refractivity contribution in [2.75, 3.05) is 31.1 Å². The van der Waals surface area contributed by atoms with Crippen molar-refractivity contribution in [1.29, 1.82) is 0 Å². The van der Waals surface area contributed by atoms with E-state index in [1.165, 1.54) is 12.0 Å². The van der Waals surface area contributed by atoms with Crippen LogP contribution in [0.15, 0.2) is 28.9 Å². The van der Waals surface area contributed by atoms with Crippen LogP contribution in [0.3, 0.4) is 0 Å². The number of aryl methyl sites for hydroxylation is 2. The molecule has 0 aromatic carbocycles. The molecule has 1 aliphatic heterocycles. The molecule has 3 aromatic rings. The molecule has 8 heteroatoms. The highest BCUT2D eigenvalue weighted by molar-refractivity contribution is 5.91. The molecule has 1 aliphatic rings. The van der Waals surface area contributed by atoms with Gasteiger partial charge in [0.2, 0.25) is 0 Å². The second-order valence-electron chi connectivity index (χ2n) is 6.72. The number of amides is 1. The first-order valence-corrected chi connectivity index (χ1v) is 9.53. The van der Waals surface area contributed by atoms with Crippen molar-refractivity contribution in [3.8, 4) is 0 Å². The second kappa shape index (κ2) is 7.38. The number of anilines is 1. The van der Waals surface area contributed by atoms with E-state index in [2.05, 4.69) is 39.4 Å². The summed E-state index contributed by atoms with van der Waals surface area (Å²) in [5.74, 6) is 2.85. The number of hydrogen-bond donors (Lipinski definition) is 0. The number of furan rings is 1. The Morgan fingerprint density at radius 1 is 1.19 bits per heavy atom. The Balaban J connectivity index is 1.54. The van der Waals surface area contributed by atoms with Crippen molar-refractivity contribution in [3.63, 3.8) is 0 Å². The number of piperazine rings is 1. The van der Waals surface area contributed by atoms with E-state index in [0.717, 1.165) is 44.0 Å². The van der Waals surface area contributed by atoms with Crippen molar-refractivity contribution in [2.45, 2.75) is 33.1 Å². The molecule has 8 nitrogen and oxygen atoms in total. The van der Waals surface area contributed by atoms with Gasteiger partial charge in [-0.15, -0.1) is 10.2 Å². The lowest BCUT2D eigenvalue weighted by molar-refractivity contribution is 0.0714. The van der Waals surface area contributed by atoms with Gasteiger partial charge in [-0.3, -0.25) is 9.20 Å². The van der Waals surface area contributed by atoms with Crippen LogP contribution in [0.25, 0.3) is 5.78 Å². The molecule has 0 saturated carbocycles. The third-order valence-electron chi connectivity index (χ3n) is 4.96. The maximum Gasteiger partial charge on any atom is 0.289 e. The lowest BCUT2D eigenvalue weighted by Crippen LogP contribution is -2.49. The number of fused-ring (bicyclic) bond motifs is 1. The fourth-order valence-electron chi connectivity index (χ4n) is 3.55. The average Bonchev–Trinajstić information content (AvgIpc) is 3.37. The van der Waals surface area contributed by atoms with E-state index in [4.69, 9.17) is 9.40 Å². The van der Waals surface area contributed by atoms with Gasteiger partial charge in [-0.05, 0) is 18.6 Å². The van der Waals surface area contributed by atoms with E-state index in [-0.39, 0.29) is 5.91 Å². The fourth-order valence-corrected chi connectivity index (χ4v) is 3.55. The predicted octanol–water partition coefficient (Wildman–Crippen LogP) is 2.19. The highest BCUT2D eigenvalue weighted by Crippen LogP contribution is 2.20. The summed E-state index contributed by atoms with van der Waals surface area (Å²) in [5, 5.41) is 8.54. The second-order valence-corrected chi connectivity index (χ2v) is 6.72. The summed E-state index contributed by atoms with van der Waals surface area (Å²) < 4.78 is 7.30. The average molecular weight is 368 g/mol. The molecule has 0 bridgehead atoms. The molecule has 1 saturated heterocycles. The Kier molecular flexibility index (Phi) is 4.79. The number of nitrogens with zero attached hydrogens (tertiary/aromatic N) is 6. The predicted molar refractivity (Wildman–Crippen MR) is 101 cm³/mol. The maximum atomic E-state index is 12.4. The number of carbonyl (C=O) groups is 1. The summed E-state index contributed by atoms with van der Waals surface area (Å²) in [7, 11) is 0. The van der Waals surface area contributed by atoms with Gasteiger partial charge in [0.05, 0.1) is 6.26 Å². The van der Waals surface area contributed by atoms with Crippen molar-refractivity contribution in [1.82, 2.24) is 24.5 Å². The molecule has 0 aliphatic carbocycles. The van der Waals surface area contributed by atoms with Crippen molar-refractivity contribution in [3.05, 3.63) is 41.7 Å². The third kappa shape index (κ3) is 3.27. The minimum atomic E-state index is -0.0558. The van der Waals surface area contributed by atoms with Gasteiger partial charge in [-0.2, -0.15) is 4.98 Å². The quantitative estimate of drug-likeness (QED) is 0.687. The summed E-state index contributed by atoms with van der Waals surface area (Å²) >= 11 is 0. The molecule has 0 radical (unpaired) electrons. The van der Waals surface area contributed by atoms with Gasteiger partial charge in [0.15, 0.2) is 5.76 Å². The first-order chi connectivity index (χ1) is 13.2. The fraction of sp³-hybridized carbons (Fsp3) is 0.474. The first-order valence-electron chi connectivity index (χ1n) is 9.53. The van der Waals surface area contributed by atoms with Gasteiger partial charge >= 0.3 is 0 Å². The molecular formula is C19H24N6O2. The first kappa shape index (κ1) is 17.5. The Bertz CT molecular complexity index is 925. The summed E-state index contributed by atoms with van der Waals surface area (Å²) in [6.45, 7) is 6.99. The van der Waals surface area contributed by atoms with Crippen LogP contribution in [0, 0.1) is 0 Å². The maximum absolute atomic E-state index is 12.4. The Morgan fingerprint density at radius 2 is 2.00 bits per heavy atom. The SMILES string of the molecule is CCCc1cc(N2CCN(C(=O)c3ccco3)CC2)nc2nnc(CC)n12. The van der Waals surface area contributed by atoms with Crippen LogP contribution in [-0.2, 0) is 12.8 Å². The summed E-state index contributed by atoms with van der Waals surface area (Å²) in [6.07, 6.45) is 4.35. The van der Waals surface area contributed by atoms with E-state index in [9.17, 15) is 4.79 Å². The van der Waals surface area contributed by atoms with E-state index in [1.54, 1.807) is 12.1 Å². The van der Waals surface area contributed by atoms with Gasteiger partial charge in [0.25, 0.3) is 11.7 Å². The number of carbonyl (C=O) groups excluding carboxylic acids is 1. The van der Waals surface area contributed by atoms with E-state index >= 15 is 0 Å². The molecule has 4 heterocycles. The standard InChI is InChI=1S/C19H24N6O2/c1-3-6-14-13-17(20-19-22-21-16(4-2)25(14)19)23-8-10-24(11-9-23)18(26)15-7-5-12-27-15/h5,7,12-13H,3-4,6,8-11H2,1-2H3. The van der Waals surface area contributed by atoms with E-state index in [0.29, 0.717) is 24.6 Å². The minimum Gasteiger partial charge on any atom is -0.459 e. The van der Waals surface area contributed by atoms with Crippen LogP contribution in [0.4, 0.5) is 5.82 Å². The number of aromatic nitrogens is 4. The van der Waals surface area contributed by atoms with Crippen LogP contribution >= 0.6 is 0 Å². The van der Waals surface area contributed by atoms with Gasteiger partial charge in [0, 0.05) is 44.4 Å². The molecule has 0 N–H and O–H groups in total. The Hall–Kier alpha value is -2.90. The van der Waals surface area contributed by atoms with Gasteiger partial charge in [-0.1, -0.05) is 20.3 Å². The Labute approximate surface area is 157 Å². The lowest BCUT2D eigenvalue weighted by atomic mass is 10.2. The van der Waals surface area contributed by atoms with Gasteiger partial charge < -0.3 is 14.2 Å². The molecule has 4 rings (SSSR count). The largest absolute Gasteiger partial charge is 0.459 e. The smallest absolute Gasteiger partial charge is 0.289 e. The zero-order chi connectivity index (χ0) is 18.8. The molecule has 0 atom stereocenters. The van der Waals surface area contributed by atoms with Crippen molar-refractivity contribution < 1.29 is 9.21 Å². The molecule has 0 spiro atoms. The summed E-state index contributed by atoms with van der Waals surface area (Å²) in [4.78, 5) is 21.2. The van der Waals surface area contributed by atoms with Crippen molar-refractivity contribution in [2.24, 2.45) is 0 Å². The molecule has 3 aromatic heterocycles. The molecule has 1 amide bonds. The zero-order valence-corrected chi connectivity index (χ0v) is 15.8. The highest BCUT2D eigenvalue weighted by atomic mass is 16.3. The number of rotatable bonds is 5. The van der Waals surface area contributed by atoms with Crippen molar-refractivity contribution >= 4 is 17.5 Å².